The van der Waals surface area contributed by atoms with Crippen LogP contribution in [0.5, 0.6) is 11.5 Å². The highest BCUT2D eigenvalue weighted by molar-refractivity contribution is 6.31. The Morgan fingerprint density at radius 2 is 2.13 bits per heavy atom. The van der Waals surface area contributed by atoms with E-state index in [0.717, 1.165) is 13.1 Å². The second-order valence-electron chi connectivity index (χ2n) is 6.68. The van der Waals surface area contributed by atoms with Crippen molar-refractivity contribution in [3.8, 4) is 28.8 Å². The summed E-state index contributed by atoms with van der Waals surface area (Å²) in [6, 6.07) is 7.16. The van der Waals surface area contributed by atoms with Crippen molar-refractivity contribution in [2.24, 2.45) is 0 Å². The van der Waals surface area contributed by atoms with Crippen LogP contribution in [0.15, 0.2) is 30.6 Å². The Morgan fingerprint density at radius 1 is 1.26 bits per heavy atom. The van der Waals surface area contributed by atoms with E-state index in [4.69, 9.17) is 31.1 Å². The van der Waals surface area contributed by atoms with E-state index in [1.807, 2.05) is 6.07 Å². The Labute approximate surface area is 183 Å². The smallest absolute Gasteiger partial charge is 0.158 e. The first-order valence-electron chi connectivity index (χ1n) is 9.54. The number of anilines is 2. The highest BCUT2D eigenvalue weighted by Crippen LogP contribution is 2.41. The zero-order chi connectivity index (χ0) is 21.6. The average molecular weight is 442 g/mol. The van der Waals surface area contributed by atoms with Gasteiger partial charge in [-0.15, -0.1) is 0 Å². The molecular formula is C20H20ClN7O3. The Kier molecular flexibility index (Phi) is 6.47. The molecule has 0 spiro atoms. The molecule has 4 rings (SSSR count). The summed E-state index contributed by atoms with van der Waals surface area (Å²) in [4.78, 5) is 8.12. The van der Waals surface area contributed by atoms with Crippen molar-refractivity contribution < 1.29 is 14.2 Å². The Balaban J connectivity index is 1.58. The van der Waals surface area contributed by atoms with Gasteiger partial charge in [0.05, 0.1) is 37.4 Å². The molecule has 1 aliphatic rings. The van der Waals surface area contributed by atoms with Gasteiger partial charge in [0.2, 0.25) is 0 Å². The van der Waals surface area contributed by atoms with Crippen molar-refractivity contribution in [3.05, 3.63) is 41.3 Å². The molecular weight excluding hydrogens is 422 g/mol. The van der Waals surface area contributed by atoms with Crippen LogP contribution in [0.3, 0.4) is 0 Å². The number of hydrogen-bond acceptors (Lipinski definition) is 9. The summed E-state index contributed by atoms with van der Waals surface area (Å²) >= 11 is 6.27. The fraction of sp³-hybridized carbons (Fsp3) is 0.300. The van der Waals surface area contributed by atoms with Gasteiger partial charge in [0.25, 0.3) is 0 Å². The quantitative estimate of drug-likeness (QED) is 0.506. The van der Waals surface area contributed by atoms with Crippen LogP contribution in [0.1, 0.15) is 5.69 Å². The minimum atomic E-state index is -0.0551. The first-order valence-corrected chi connectivity index (χ1v) is 9.91. The lowest BCUT2D eigenvalue weighted by atomic mass is 10.1. The third-order valence-corrected chi connectivity index (χ3v) is 4.77. The summed E-state index contributed by atoms with van der Waals surface area (Å²) in [5, 5.41) is 22.9. The fourth-order valence-corrected chi connectivity index (χ4v) is 3.30. The summed E-state index contributed by atoms with van der Waals surface area (Å²) in [6.45, 7) is 2.56. The maximum Gasteiger partial charge on any atom is 0.158 e. The molecule has 0 amide bonds. The Morgan fingerprint density at radius 3 is 2.84 bits per heavy atom. The van der Waals surface area contributed by atoms with Gasteiger partial charge in [-0.05, 0) is 12.1 Å². The molecule has 1 aliphatic heterocycles. The number of nitrogens with one attached hydrogen (secondary N) is 3. The molecule has 1 saturated heterocycles. The van der Waals surface area contributed by atoms with Gasteiger partial charge in [0.15, 0.2) is 11.5 Å². The minimum absolute atomic E-state index is 0.0551. The van der Waals surface area contributed by atoms with Crippen molar-refractivity contribution in [2.75, 3.05) is 38.7 Å². The molecule has 0 saturated carbocycles. The van der Waals surface area contributed by atoms with Gasteiger partial charge >= 0.3 is 0 Å². The van der Waals surface area contributed by atoms with E-state index in [2.05, 4.69) is 30.8 Å². The summed E-state index contributed by atoms with van der Waals surface area (Å²) in [7, 11) is 1.56. The van der Waals surface area contributed by atoms with Crippen molar-refractivity contribution in [3.63, 3.8) is 0 Å². The van der Waals surface area contributed by atoms with Crippen molar-refractivity contribution in [1.82, 2.24) is 25.5 Å². The average Bonchev–Trinajstić information content (AvgIpc) is 3.26. The normalized spacial score (nSPS) is 15.8. The number of ether oxygens (including phenoxy) is 3. The molecule has 10 nitrogen and oxygen atoms in total. The lowest BCUT2D eigenvalue weighted by molar-refractivity contribution is 0.000282. The Hall–Kier alpha value is -3.39. The van der Waals surface area contributed by atoms with E-state index >= 15 is 0 Å². The van der Waals surface area contributed by atoms with Crippen LogP contribution in [-0.2, 0) is 4.74 Å². The van der Waals surface area contributed by atoms with Crippen LogP contribution >= 0.6 is 11.6 Å². The molecule has 160 valence electrons. The number of H-pyrrole nitrogens is 1. The number of nitriles is 1. The van der Waals surface area contributed by atoms with E-state index in [9.17, 15) is 0 Å². The van der Waals surface area contributed by atoms with Crippen molar-refractivity contribution in [2.45, 2.75) is 6.10 Å². The first kappa shape index (κ1) is 20.9. The maximum atomic E-state index is 8.83. The third-order valence-electron chi connectivity index (χ3n) is 4.55. The van der Waals surface area contributed by atoms with E-state index in [-0.39, 0.29) is 11.8 Å². The SMILES string of the molecule is COc1cc(Cl)cc(OCC2CNCCO2)c1-c1cc(Nc2cnc(C#N)cn2)n[nH]1. The lowest BCUT2D eigenvalue weighted by Crippen LogP contribution is -2.41. The monoisotopic (exact) mass is 441 g/mol. The van der Waals surface area contributed by atoms with Crippen LogP contribution in [0.4, 0.5) is 11.6 Å². The molecule has 2 aromatic heterocycles. The van der Waals surface area contributed by atoms with Crippen molar-refractivity contribution >= 4 is 23.2 Å². The van der Waals surface area contributed by atoms with Crippen LogP contribution in [0.2, 0.25) is 5.02 Å². The van der Waals surface area contributed by atoms with Gasteiger partial charge in [0.1, 0.15) is 36.1 Å². The number of hydrogen-bond donors (Lipinski definition) is 3. The van der Waals surface area contributed by atoms with E-state index in [1.54, 1.807) is 25.3 Å². The standard InChI is InChI=1S/C20H20ClN7O3/c1-29-16-4-12(21)5-17(31-11-14-9-23-2-3-30-14)20(16)15-6-18(28-27-15)26-19-10-24-13(7-22)8-25-19/h4-6,8,10,14,23H,2-3,9,11H2,1H3,(H2,25,26,27,28). The number of halogens is 1. The van der Waals surface area contributed by atoms with Gasteiger partial charge < -0.3 is 24.8 Å². The first-order chi connectivity index (χ1) is 15.2. The van der Waals surface area contributed by atoms with Gasteiger partial charge in [0, 0.05) is 24.2 Å². The molecule has 3 aromatic rings. The summed E-state index contributed by atoms with van der Waals surface area (Å²) in [6.07, 6.45) is 2.79. The topological polar surface area (TPSA) is 130 Å². The summed E-state index contributed by atoms with van der Waals surface area (Å²) in [5.74, 6) is 2.06. The second kappa shape index (κ2) is 9.61. The number of morpholine rings is 1. The number of aromatic amines is 1. The van der Waals surface area contributed by atoms with Crippen LogP contribution in [-0.4, -0.2) is 59.7 Å². The molecule has 3 N–H and O–H groups in total. The van der Waals surface area contributed by atoms with E-state index in [0.29, 0.717) is 52.6 Å². The number of rotatable bonds is 7. The number of benzene rings is 1. The molecule has 0 radical (unpaired) electrons. The van der Waals surface area contributed by atoms with Crippen LogP contribution in [0, 0.1) is 11.3 Å². The van der Waals surface area contributed by atoms with Crippen LogP contribution < -0.4 is 20.1 Å². The summed E-state index contributed by atoms with van der Waals surface area (Å²) in [5.41, 5.74) is 1.58. The second-order valence-corrected chi connectivity index (χ2v) is 7.12. The van der Waals surface area contributed by atoms with Crippen molar-refractivity contribution in [1.29, 1.82) is 5.26 Å². The number of methoxy groups -OCH3 is 1. The molecule has 11 heteroatoms. The largest absolute Gasteiger partial charge is 0.496 e. The predicted molar refractivity (Wildman–Crippen MR) is 114 cm³/mol. The summed E-state index contributed by atoms with van der Waals surface area (Å²) < 4.78 is 17.3. The molecule has 0 bridgehead atoms. The maximum absolute atomic E-state index is 8.83. The molecule has 31 heavy (non-hydrogen) atoms. The highest BCUT2D eigenvalue weighted by Gasteiger charge is 2.20. The number of aromatic nitrogens is 4. The predicted octanol–water partition coefficient (Wildman–Crippen LogP) is 2.51. The molecule has 3 heterocycles. The minimum Gasteiger partial charge on any atom is -0.496 e. The van der Waals surface area contributed by atoms with Gasteiger partial charge in [-0.2, -0.15) is 10.4 Å². The fourth-order valence-electron chi connectivity index (χ4n) is 3.10. The van der Waals surface area contributed by atoms with Gasteiger partial charge in [-0.3, -0.25) is 5.10 Å². The Bertz CT molecular complexity index is 1080. The zero-order valence-electron chi connectivity index (χ0n) is 16.7. The zero-order valence-corrected chi connectivity index (χ0v) is 17.4. The third kappa shape index (κ3) is 5.03. The van der Waals surface area contributed by atoms with Crippen LogP contribution in [0.25, 0.3) is 11.3 Å². The molecule has 1 unspecified atom stereocenters. The van der Waals surface area contributed by atoms with E-state index in [1.165, 1.54) is 12.4 Å². The molecule has 1 aromatic carbocycles. The lowest BCUT2D eigenvalue weighted by Gasteiger charge is -2.24. The van der Waals surface area contributed by atoms with E-state index < -0.39 is 0 Å². The molecule has 0 aliphatic carbocycles. The molecule has 1 atom stereocenters. The van der Waals surface area contributed by atoms with Gasteiger partial charge in [-0.1, -0.05) is 11.6 Å². The van der Waals surface area contributed by atoms with Gasteiger partial charge in [-0.25, -0.2) is 9.97 Å². The number of nitrogens with zero attached hydrogens (tertiary/aromatic N) is 4. The molecule has 1 fully saturated rings. The highest BCUT2D eigenvalue weighted by atomic mass is 35.5.